The van der Waals surface area contributed by atoms with Crippen molar-refractivity contribution in [3.8, 4) is 11.3 Å². The largest absolute Gasteiger partial charge is 0.348 e. The second-order valence-corrected chi connectivity index (χ2v) is 5.64. The van der Waals surface area contributed by atoms with Gasteiger partial charge in [-0.3, -0.25) is 0 Å². The maximum absolute atomic E-state index is 4.65. The summed E-state index contributed by atoms with van der Waals surface area (Å²) in [4.78, 5) is 7.92. The number of hydrogen-bond acceptors (Lipinski definition) is 1. The van der Waals surface area contributed by atoms with E-state index in [2.05, 4.69) is 62.3 Å². The third kappa shape index (κ3) is 3.17. The number of H-pyrrole nitrogens is 1. The van der Waals surface area contributed by atoms with Crippen molar-refractivity contribution in [2.75, 3.05) is 0 Å². The number of rotatable bonds is 4. The summed E-state index contributed by atoms with van der Waals surface area (Å²) < 4.78 is 1.08. The molecule has 0 aliphatic heterocycles. The first-order valence-electron chi connectivity index (χ1n) is 6.65. The summed E-state index contributed by atoms with van der Waals surface area (Å²) in [7, 11) is 0. The number of nitrogens with one attached hydrogen (secondary N) is 1. The summed E-state index contributed by atoms with van der Waals surface area (Å²) in [6.07, 6.45) is 3.91. The van der Waals surface area contributed by atoms with Gasteiger partial charge in [-0.15, -0.1) is 0 Å². The Balaban J connectivity index is 1.69. The minimum Gasteiger partial charge on any atom is -0.348 e. The smallest absolute Gasteiger partial charge is 0.107 e. The van der Waals surface area contributed by atoms with Crippen LogP contribution in [0.2, 0.25) is 0 Å². The lowest BCUT2D eigenvalue weighted by Crippen LogP contribution is -1.93. The Hall–Kier alpha value is -1.87. The molecule has 0 saturated heterocycles. The molecule has 0 amide bonds. The molecule has 0 fully saturated rings. The number of aromatic amines is 1. The molecule has 0 radical (unpaired) electrons. The Morgan fingerprint density at radius 1 is 0.900 bits per heavy atom. The van der Waals surface area contributed by atoms with E-state index in [1.807, 2.05) is 24.4 Å². The van der Waals surface area contributed by atoms with Gasteiger partial charge in [-0.25, -0.2) is 4.98 Å². The molecule has 0 aliphatic rings. The Bertz CT molecular complexity index is 672. The number of nitrogens with zero attached hydrogens (tertiary/aromatic N) is 1. The number of hydrogen-bond donors (Lipinski definition) is 1. The second kappa shape index (κ2) is 6.06. The fraction of sp³-hybridized carbons (Fsp3) is 0.118. The number of benzene rings is 2. The molecule has 20 heavy (non-hydrogen) atoms. The predicted octanol–water partition coefficient (Wildman–Crippen LogP) is 4.62. The van der Waals surface area contributed by atoms with Gasteiger partial charge < -0.3 is 4.98 Å². The van der Waals surface area contributed by atoms with Crippen LogP contribution in [0.1, 0.15) is 11.4 Å². The van der Waals surface area contributed by atoms with E-state index >= 15 is 0 Å². The normalized spacial score (nSPS) is 10.7. The van der Waals surface area contributed by atoms with Gasteiger partial charge in [0.1, 0.15) is 5.82 Å². The molecular weight excluding hydrogens is 312 g/mol. The highest BCUT2D eigenvalue weighted by atomic mass is 79.9. The lowest BCUT2D eigenvalue weighted by atomic mass is 10.1. The summed E-state index contributed by atoms with van der Waals surface area (Å²) in [5, 5.41) is 0. The van der Waals surface area contributed by atoms with Crippen LogP contribution in [-0.4, -0.2) is 9.97 Å². The SMILES string of the molecule is Brc1ccc(-c2c[nH]c(CCc3ccccc3)n2)cc1. The molecule has 0 spiro atoms. The maximum atomic E-state index is 4.65. The fourth-order valence-corrected chi connectivity index (χ4v) is 2.43. The minimum atomic E-state index is 0.931. The van der Waals surface area contributed by atoms with Gasteiger partial charge in [0.15, 0.2) is 0 Å². The summed E-state index contributed by atoms with van der Waals surface area (Å²) in [5.41, 5.74) is 3.48. The monoisotopic (exact) mass is 326 g/mol. The van der Waals surface area contributed by atoms with Gasteiger partial charge in [0.2, 0.25) is 0 Å². The Morgan fingerprint density at radius 2 is 1.65 bits per heavy atom. The van der Waals surface area contributed by atoms with Crippen molar-refractivity contribution in [3.63, 3.8) is 0 Å². The molecule has 0 saturated carbocycles. The molecule has 2 aromatic carbocycles. The molecule has 0 bridgehead atoms. The average molecular weight is 327 g/mol. The second-order valence-electron chi connectivity index (χ2n) is 4.72. The van der Waals surface area contributed by atoms with Crippen LogP contribution in [0.4, 0.5) is 0 Å². The molecule has 3 rings (SSSR count). The molecule has 100 valence electrons. The molecule has 1 aromatic heterocycles. The highest BCUT2D eigenvalue weighted by Crippen LogP contribution is 2.20. The van der Waals surface area contributed by atoms with E-state index in [-0.39, 0.29) is 0 Å². The first-order valence-corrected chi connectivity index (χ1v) is 7.45. The lowest BCUT2D eigenvalue weighted by Gasteiger charge is -1.98. The van der Waals surface area contributed by atoms with Crippen LogP contribution in [0.15, 0.2) is 65.3 Å². The van der Waals surface area contributed by atoms with Gasteiger partial charge in [0.05, 0.1) is 5.69 Å². The molecular formula is C17H15BrN2. The van der Waals surface area contributed by atoms with Gasteiger partial charge in [-0.2, -0.15) is 0 Å². The van der Waals surface area contributed by atoms with E-state index in [9.17, 15) is 0 Å². The fourth-order valence-electron chi connectivity index (χ4n) is 2.17. The number of aryl methyl sites for hydroxylation is 2. The first-order chi connectivity index (χ1) is 9.81. The van der Waals surface area contributed by atoms with E-state index in [4.69, 9.17) is 0 Å². The third-order valence-electron chi connectivity index (χ3n) is 3.26. The standard InChI is InChI=1S/C17H15BrN2/c18-15-9-7-14(8-10-15)16-12-19-17(20-16)11-6-13-4-2-1-3-5-13/h1-5,7-10,12H,6,11H2,(H,19,20). The topological polar surface area (TPSA) is 28.7 Å². The lowest BCUT2D eigenvalue weighted by molar-refractivity contribution is 0.885. The van der Waals surface area contributed by atoms with Crippen LogP contribution < -0.4 is 0 Å². The zero-order valence-electron chi connectivity index (χ0n) is 11.0. The summed E-state index contributed by atoms with van der Waals surface area (Å²) >= 11 is 3.45. The van der Waals surface area contributed by atoms with Crippen molar-refractivity contribution >= 4 is 15.9 Å². The van der Waals surface area contributed by atoms with Gasteiger partial charge >= 0.3 is 0 Å². The Morgan fingerprint density at radius 3 is 2.40 bits per heavy atom. The molecule has 2 nitrogen and oxygen atoms in total. The molecule has 1 heterocycles. The minimum absolute atomic E-state index is 0.931. The zero-order valence-corrected chi connectivity index (χ0v) is 12.6. The summed E-state index contributed by atoms with van der Waals surface area (Å²) in [6.45, 7) is 0. The van der Waals surface area contributed by atoms with Gasteiger partial charge in [0.25, 0.3) is 0 Å². The van der Waals surface area contributed by atoms with E-state index < -0.39 is 0 Å². The number of halogens is 1. The molecule has 3 heteroatoms. The molecule has 0 atom stereocenters. The molecule has 1 N–H and O–H groups in total. The van der Waals surface area contributed by atoms with Crippen molar-refractivity contribution in [1.82, 2.24) is 9.97 Å². The molecule has 0 aliphatic carbocycles. The van der Waals surface area contributed by atoms with Crippen molar-refractivity contribution < 1.29 is 0 Å². The van der Waals surface area contributed by atoms with Crippen LogP contribution in [0, 0.1) is 0 Å². The molecule has 3 aromatic rings. The highest BCUT2D eigenvalue weighted by Gasteiger charge is 2.04. The van der Waals surface area contributed by atoms with Crippen molar-refractivity contribution in [2.24, 2.45) is 0 Å². The van der Waals surface area contributed by atoms with E-state index in [0.29, 0.717) is 0 Å². The van der Waals surface area contributed by atoms with Crippen LogP contribution in [-0.2, 0) is 12.8 Å². The first kappa shape index (κ1) is 13.1. The van der Waals surface area contributed by atoms with Crippen LogP contribution in [0.25, 0.3) is 11.3 Å². The van der Waals surface area contributed by atoms with Gasteiger partial charge in [0, 0.05) is 22.7 Å². The predicted molar refractivity (Wildman–Crippen MR) is 85.6 cm³/mol. The van der Waals surface area contributed by atoms with Crippen LogP contribution >= 0.6 is 15.9 Å². The zero-order chi connectivity index (χ0) is 13.8. The van der Waals surface area contributed by atoms with Crippen molar-refractivity contribution in [1.29, 1.82) is 0 Å². The number of aromatic nitrogens is 2. The van der Waals surface area contributed by atoms with Crippen LogP contribution in [0.3, 0.4) is 0 Å². The quantitative estimate of drug-likeness (QED) is 0.744. The van der Waals surface area contributed by atoms with Crippen LogP contribution in [0.5, 0.6) is 0 Å². The van der Waals surface area contributed by atoms with E-state index in [0.717, 1.165) is 34.4 Å². The maximum Gasteiger partial charge on any atom is 0.107 e. The average Bonchev–Trinajstić information content (AvgIpc) is 2.96. The summed E-state index contributed by atoms with van der Waals surface area (Å²) in [6, 6.07) is 18.7. The van der Waals surface area contributed by atoms with Gasteiger partial charge in [-0.05, 0) is 24.1 Å². The summed E-state index contributed by atoms with van der Waals surface area (Å²) in [5.74, 6) is 1.03. The number of imidazole rings is 1. The Labute approximate surface area is 127 Å². The van der Waals surface area contributed by atoms with E-state index in [1.165, 1.54) is 5.56 Å². The van der Waals surface area contributed by atoms with Crippen molar-refractivity contribution in [3.05, 3.63) is 76.7 Å². The molecule has 0 unspecified atom stereocenters. The van der Waals surface area contributed by atoms with E-state index in [1.54, 1.807) is 0 Å². The van der Waals surface area contributed by atoms with Gasteiger partial charge in [-0.1, -0.05) is 58.4 Å². The Kier molecular flexibility index (Phi) is 3.97. The highest BCUT2D eigenvalue weighted by molar-refractivity contribution is 9.10. The third-order valence-corrected chi connectivity index (χ3v) is 3.79. The van der Waals surface area contributed by atoms with Crippen molar-refractivity contribution in [2.45, 2.75) is 12.8 Å².